The van der Waals surface area contributed by atoms with E-state index >= 15 is 0 Å². The van der Waals surface area contributed by atoms with Crippen molar-refractivity contribution < 1.29 is 47.6 Å². The molecule has 0 spiro atoms. The fourth-order valence-electron chi connectivity index (χ4n) is 8.45. The minimum absolute atomic E-state index is 0.0120. The summed E-state index contributed by atoms with van der Waals surface area (Å²) in [5, 5.41) is 18.1. The van der Waals surface area contributed by atoms with Gasteiger partial charge in [-0.15, -0.1) is 0 Å². The number of benzene rings is 1. The van der Waals surface area contributed by atoms with Crippen LogP contribution in [0.25, 0.3) is 0 Å². The number of nitrogens with zero attached hydrogens (tertiary/aromatic N) is 2. The van der Waals surface area contributed by atoms with Crippen LogP contribution in [0.1, 0.15) is 73.3 Å². The van der Waals surface area contributed by atoms with E-state index in [1.54, 1.807) is 33.1 Å². The summed E-state index contributed by atoms with van der Waals surface area (Å²) in [7, 11) is 7.30. The quantitative estimate of drug-likeness (QED) is 0.251. The number of hydrogen-bond acceptors (Lipinski definition) is 12. The van der Waals surface area contributed by atoms with Crippen molar-refractivity contribution in [1.29, 1.82) is 0 Å². The van der Waals surface area contributed by atoms with Crippen LogP contribution < -0.4 is 10.6 Å². The van der Waals surface area contributed by atoms with Gasteiger partial charge in [-0.05, 0) is 98.3 Å². The summed E-state index contributed by atoms with van der Waals surface area (Å²) in [4.78, 5) is 44.6. The molecule has 3 aliphatic rings. The van der Waals surface area contributed by atoms with Gasteiger partial charge >= 0.3 is 12.1 Å². The van der Waals surface area contributed by atoms with Crippen molar-refractivity contribution in [1.82, 2.24) is 20.4 Å². The highest BCUT2D eigenvalue weighted by molar-refractivity contribution is 6.00. The van der Waals surface area contributed by atoms with Crippen LogP contribution in [0.5, 0.6) is 0 Å². The molecule has 3 unspecified atom stereocenters. The number of carbonyl (C=O) groups is 3. The predicted octanol–water partition coefficient (Wildman–Crippen LogP) is 3.50. The summed E-state index contributed by atoms with van der Waals surface area (Å²) < 4.78 is 44.8. The van der Waals surface area contributed by atoms with Crippen LogP contribution >= 0.6 is 0 Å². The molecular formula is C39H63FN4O9. The van der Waals surface area contributed by atoms with Gasteiger partial charge in [0.05, 0.1) is 23.9 Å². The van der Waals surface area contributed by atoms with Crippen molar-refractivity contribution in [2.45, 2.75) is 134 Å². The molecule has 0 aromatic heterocycles. The Kier molecular flexibility index (Phi) is 14.5. The van der Waals surface area contributed by atoms with Gasteiger partial charge in [0, 0.05) is 38.2 Å². The van der Waals surface area contributed by atoms with Crippen LogP contribution in [0.15, 0.2) is 24.3 Å². The van der Waals surface area contributed by atoms with E-state index in [0.29, 0.717) is 38.9 Å². The third-order valence-electron chi connectivity index (χ3n) is 11.6. The molecule has 0 aliphatic carbocycles. The molecule has 53 heavy (non-hydrogen) atoms. The largest absolute Gasteiger partial charge is 0.458 e. The Morgan fingerprint density at radius 3 is 2.32 bits per heavy atom. The topological polar surface area (TPSA) is 148 Å². The van der Waals surface area contributed by atoms with E-state index in [0.717, 1.165) is 5.56 Å². The lowest BCUT2D eigenvalue weighted by Crippen LogP contribution is -2.60. The van der Waals surface area contributed by atoms with Gasteiger partial charge in [0.1, 0.15) is 23.9 Å². The van der Waals surface area contributed by atoms with Crippen LogP contribution in [0.3, 0.4) is 0 Å². The molecule has 1 aromatic carbocycles. The molecule has 3 N–H and O–H groups in total. The first-order valence-corrected chi connectivity index (χ1v) is 18.9. The SMILES string of the molecule is CC[C@@H]1OC(=O)C(C)C(=O)[C@H](C)[C@@H](O[C@@H]2O[C@H](CN(C)Cc3ccc(F)cc3)CC(N(C)C)C2O)[C@](C)(OC)C[C@@H](C)CN[C@H](C)[C@H]2NC(=O)O[C@]12C. The summed E-state index contributed by atoms with van der Waals surface area (Å²) in [5.74, 6) is -3.53. The Hall–Kier alpha value is -2.72. The lowest BCUT2D eigenvalue weighted by molar-refractivity contribution is -0.298. The summed E-state index contributed by atoms with van der Waals surface area (Å²) in [5.41, 5.74) is -1.30. The Labute approximate surface area is 314 Å². The number of fused-ring (bicyclic) bond motifs is 1. The standard InChI is InChI=1S/C39H63FN4O9/c1-12-30-39(7)33(42-37(48)53-39)25(5)41-19-22(2)18-38(6,49-11)34(23(3)31(45)24(4)35(47)51-30)52-36-32(46)29(43(8)9)17-28(50-36)21-44(10)20-26-13-15-27(40)16-14-26/h13-16,22-25,28-30,32-34,36,41,46H,12,17-21H2,1-11H3,(H,42,48)/t22-,23+,24?,25-,28+,29?,30+,32?,33-,34-,36+,38-,39-/m1/s1. The fraction of sp³-hybridized carbons (Fsp3) is 0.769. The van der Waals surface area contributed by atoms with E-state index in [4.69, 9.17) is 23.7 Å². The van der Waals surface area contributed by atoms with Crippen LogP contribution in [0, 0.1) is 23.6 Å². The first-order valence-electron chi connectivity index (χ1n) is 18.9. The average molecular weight is 751 g/mol. The molecule has 4 rings (SSSR count). The number of likely N-dealkylation sites (N-methyl/N-ethyl adjacent to an activating group) is 2. The molecule has 3 fully saturated rings. The third-order valence-corrected chi connectivity index (χ3v) is 11.6. The van der Waals surface area contributed by atoms with Gasteiger partial charge in [-0.25, -0.2) is 9.18 Å². The summed E-state index contributed by atoms with van der Waals surface area (Å²) >= 11 is 0. The van der Waals surface area contributed by atoms with Gasteiger partial charge in [0.25, 0.3) is 0 Å². The molecule has 13 nitrogen and oxygen atoms in total. The van der Waals surface area contributed by atoms with E-state index in [-0.39, 0.29) is 29.9 Å². The van der Waals surface area contributed by atoms with Crippen molar-refractivity contribution in [3.8, 4) is 0 Å². The number of alkyl carbamates (subject to hydrolysis) is 1. The minimum Gasteiger partial charge on any atom is -0.458 e. The molecule has 3 saturated heterocycles. The number of amides is 1. The molecule has 1 amide bonds. The Morgan fingerprint density at radius 1 is 1.06 bits per heavy atom. The number of Topliss-reactive ketones (excluding diaryl/α,β-unsaturated/α-hetero) is 1. The zero-order chi connectivity index (χ0) is 39.4. The minimum atomic E-state index is -1.18. The number of esters is 1. The maximum atomic E-state index is 14.3. The number of rotatable bonds is 9. The molecule has 14 heteroatoms. The molecule has 13 atom stereocenters. The van der Waals surface area contributed by atoms with E-state index in [1.807, 2.05) is 46.8 Å². The number of cyclic esters (lactones) is 1. The maximum Gasteiger partial charge on any atom is 0.408 e. The van der Waals surface area contributed by atoms with Crippen molar-refractivity contribution in [2.75, 3.05) is 41.3 Å². The Balaban J connectivity index is 1.65. The summed E-state index contributed by atoms with van der Waals surface area (Å²) in [6.45, 7) is 14.3. The van der Waals surface area contributed by atoms with Gasteiger partial charge in [-0.2, -0.15) is 0 Å². The second-order valence-electron chi connectivity index (χ2n) is 16.2. The number of ketones is 1. The number of halogens is 1. The lowest BCUT2D eigenvalue weighted by atomic mass is 9.78. The molecule has 0 saturated carbocycles. The first-order chi connectivity index (χ1) is 24.8. The van der Waals surface area contributed by atoms with Crippen LogP contribution in [-0.4, -0.2) is 134 Å². The average Bonchev–Trinajstić information content (AvgIpc) is 3.42. The monoisotopic (exact) mass is 750 g/mol. The second kappa shape index (κ2) is 17.8. The van der Waals surface area contributed by atoms with E-state index in [1.165, 1.54) is 19.1 Å². The van der Waals surface area contributed by atoms with Crippen molar-refractivity contribution >= 4 is 17.8 Å². The number of carbonyl (C=O) groups excluding carboxylic acids is 3. The van der Waals surface area contributed by atoms with Crippen molar-refractivity contribution in [2.24, 2.45) is 17.8 Å². The van der Waals surface area contributed by atoms with Crippen LogP contribution in [0.2, 0.25) is 0 Å². The van der Waals surface area contributed by atoms with E-state index in [2.05, 4.69) is 22.5 Å². The molecular weight excluding hydrogens is 687 g/mol. The summed E-state index contributed by atoms with van der Waals surface area (Å²) in [6, 6.07) is 5.26. The number of nitrogens with one attached hydrogen (secondary N) is 2. The highest BCUT2D eigenvalue weighted by atomic mass is 19.1. The van der Waals surface area contributed by atoms with Gasteiger partial charge in [-0.3, -0.25) is 14.5 Å². The van der Waals surface area contributed by atoms with E-state index in [9.17, 15) is 23.9 Å². The molecule has 300 valence electrons. The van der Waals surface area contributed by atoms with Gasteiger partial charge in [0.2, 0.25) is 0 Å². The smallest absolute Gasteiger partial charge is 0.408 e. The van der Waals surface area contributed by atoms with Crippen molar-refractivity contribution in [3.63, 3.8) is 0 Å². The number of hydrogen-bond donors (Lipinski definition) is 3. The zero-order valence-electron chi connectivity index (χ0n) is 33.4. The number of ether oxygens (including phenoxy) is 5. The van der Waals surface area contributed by atoms with Gasteiger partial charge < -0.3 is 44.3 Å². The number of methoxy groups -OCH3 is 1. The normalized spacial score (nSPS) is 39.2. The van der Waals surface area contributed by atoms with E-state index < -0.39 is 71.5 Å². The number of aliphatic hydroxyl groups excluding tert-OH is 1. The summed E-state index contributed by atoms with van der Waals surface area (Å²) in [6.07, 6.45) is -3.58. The molecule has 3 heterocycles. The molecule has 0 radical (unpaired) electrons. The highest BCUT2D eigenvalue weighted by Gasteiger charge is 2.55. The van der Waals surface area contributed by atoms with Crippen molar-refractivity contribution in [3.05, 3.63) is 35.6 Å². The zero-order valence-corrected chi connectivity index (χ0v) is 33.4. The second-order valence-corrected chi connectivity index (χ2v) is 16.2. The predicted molar refractivity (Wildman–Crippen MR) is 196 cm³/mol. The third kappa shape index (κ3) is 9.94. The maximum absolute atomic E-state index is 14.3. The van der Waals surface area contributed by atoms with Crippen LogP contribution in [-0.2, 0) is 39.8 Å². The lowest BCUT2D eigenvalue weighted by Gasteiger charge is -2.47. The highest BCUT2D eigenvalue weighted by Crippen LogP contribution is 2.38. The molecule has 1 aromatic rings. The van der Waals surface area contributed by atoms with Crippen LogP contribution in [0.4, 0.5) is 9.18 Å². The molecule has 0 bridgehead atoms. The number of aliphatic hydroxyl groups is 1. The first kappa shape index (κ1) is 43.0. The molecule has 3 aliphatic heterocycles. The van der Waals surface area contributed by atoms with Gasteiger partial charge in [-0.1, -0.05) is 32.9 Å². The Morgan fingerprint density at radius 2 is 1.72 bits per heavy atom. The fourth-order valence-corrected chi connectivity index (χ4v) is 8.45. The Bertz CT molecular complexity index is 1400. The van der Waals surface area contributed by atoms with Gasteiger partial charge in [0.15, 0.2) is 17.7 Å².